The van der Waals surface area contributed by atoms with Crippen molar-refractivity contribution in [2.24, 2.45) is 0 Å². The first-order chi connectivity index (χ1) is 10.3. The van der Waals surface area contributed by atoms with Crippen molar-refractivity contribution in [1.29, 1.82) is 0 Å². The maximum absolute atomic E-state index is 6.72. The second kappa shape index (κ2) is 5.01. The lowest BCUT2D eigenvalue weighted by Gasteiger charge is -2.19. The molecule has 2 aromatic rings. The second-order valence-corrected chi connectivity index (χ2v) is 9.92. The van der Waals surface area contributed by atoms with E-state index in [9.17, 15) is 0 Å². The first-order valence-corrected chi connectivity index (χ1v) is 11.1. The topological polar surface area (TPSA) is 0 Å². The van der Waals surface area contributed by atoms with E-state index < -0.39 is 8.11 Å². The molecule has 0 aliphatic heterocycles. The Hall–Kier alpha value is -1.57. The Morgan fingerprint density at radius 3 is 2.52 bits per heavy atom. The average molecular weight is 309 g/mol. The van der Waals surface area contributed by atoms with Crippen LogP contribution in [-0.2, 0) is 0 Å². The normalized spacial score (nSPS) is 20.1. The summed E-state index contributed by atoms with van der Waals surface area (Å²) in [5.41, 5.74) is 8.93. The van der Waals surface area contributed by atoms with E-state index in [1.54, 1.807) is 0 Å². The summed E-state index contributed by atoms with van der Waals surface area (Å²) in [6.45, 7) is 2.25. The number of hydrogen-bond acceptors (Lipinski definition) is 0. The Morgan fingerprint density at radius 1 is 1.00 bits per heavy atom. The molecule has 0 saturated carbocycles. The average Bonchev–Trinajstić information content (AvgIpc) is 3.12. The van der Waals surface area contributed by atoms with Crippen LogP contribution < -0.4 is 0 Å². The fourth-order valence-electron chi connectivity index (χ4n) is 3.71. The van der Waals surface area contributed by atoms with E-state index in [2.05, 4.69) is 67.2 Å². The molecule has 2 heteroatoms. The molecule has 0 N–H and O–H groups in total. The Morgan fingerprint density at radius 2 is 1.76 bits per heavy atom. The highest BCUT2D eigenvalue weighted by molar-refractivity contribution is 7.07. The van der Waals surface area contributed by atoms with Crippen molar-refractivity contribution >= 4 is 24.8 Å². The van der Waals surface area contributed by atoms with E-state index in [0.29, 0.717) is 5.54 Å². The zero-order chi connectivity index (χ0) is 14.4. The SMILES string of the molecule is C[SiH](Cl)C1c2ccccc2-c2cccc(C3=CC=CC3)c21. The van der Waals surface area contributed by atoms with Crippen LogP contribution in [0.5, 0.6) is 0 Å². The molecule has 0 nitrogen and oxygen atoms in total. The fraction of sp³-hybridized carbons (Fsp3) is 0.158. The molecule has 0 spiro atoms. The maximum atomic E-state index is 6.72. The summed E-state index contributed by atoms with van der Waals surface area (Å²) >= 11 is 6.72. The second-order valence-electron chi connectivity index (χ2n) is 5.83. The molecule has 0 radical (unpaired) electrons. The van der Waals surface area contributed by atoms with Gasteiger partial charge in [-0.25, -0.2) is 0 Å². The predicted molar refractivity (Wildman–Crippen MR) is 94.3 cm³/mol. The summed E-state index contributed by atoms with van der Waals surface area (Å²) in [5, 5.41) is 0. The highest BCUT2D eigenvalue weighted by Crippen LogP contribution is 2.49. The van der Waals surface area contributed by atoms with Gasteiger partial charge in [0, 0.05) is 5.54 Å². The predicted octanol–water partition coefficient (Wildman–Crippen LogP) is 5.27. The van der Waals surface area contributed by atoms with E-state index in [0.717, 1.165) is 6.42 Å². The molecule has 0 heterocycles. The van der Waals surface area contributed by atoms with E-state index in [1.807, 2.05) is 0 Å². The fourth-order valence-corrected chi connectivity index (χ4v) is 6.10. The minimum atomic E-state index is -1.34. The molecule has 0 amide bonds. The molecule has 4 rings (SSSR count). The number of hydrogen-bond donors (Lipinski definition) is 0. The Balaban J connectivity index is 1.98. The number of fused-ring (bicyclic) bond motifs is 3. The molecule has 0 fully saturated rings. The van der Waals surface area contributed by atoms with Gasteiger partial charge in [0.15, 0.2) is 0 Å². The molecule has 0 saturated heterocycles. The highest BCUT2D eigenvalue weighted by atomic mass is 35.6. The van der Waals surface area contributed by atoms with Crippen LogP contribution >= 0.6 is 11.1 Å². The minimum Gasteiger partial charge on any atom is -0.171 e. The number of benzene rings is 2. The molecule has 0 aromatic heterocycles. The summed E-state index contributed by atoms with van der Waals surface area (Å²) in [4.78, 5) is 0. The highest BCUT2D eigenvalue weighted by Gasteiger charge is 2.34. The van der Waals surface area contributed by atoms with E-state index in [4.69, 9.17) is 11.1 Å². The van der Waals surface area contributed by atoms with Gasteiger partial charge in [0.05, 0.1) is 0 Å². The Labute approximate surface area is 132 Å². The zero-order valence-electron chi connectivity index (χ0n) is 12.0. The van der Waals surface area contributed by atoms with Crippen molar-refractivity contribution in [3.63, 3.8) is 0 Å². The van der Waals surface area contributed by atoms with Gasteiger partial charge in [-0.2, -0.15) is 11.1 Å². The largest absolute Gasteiger partial charge is 0.171 e. The van der Waals surface area contributed by atoms with Crippen molar-refractivity contribution in [3.8, 4) is 11.1 Å². The third-order valence-electron chi connectivity index (χ3n) is 4.58. The lowest BCUT2D eigenvalue weighted by atomic mass is 9.95. The van der Waals surface area contributed by atoms with Crippen LogP contribution in [0.4, 0.5) is 0 Å². The van der Waals surface area contributed by atoms with Crippen LogP contribution in [-0.4, -0.2) is 8.11 Å². The van der Waals surface area contributed by atoms with Crippen molar-refractivity contribution < 1.29 is 0 Å². The molecular formula is C19H17ClSi. The Kier molecular flexibility index (Phi) is 3.13. The molecule has 0 bridgehead atoms. The third-order valence-corrected chi connectivity index (χ3v) is 6.95. The maximum Gasteiger partial charge on any atom is 0.149 e. The van der Waals surface area contributed by atoms with Gasteiger partial charge in [0.1, 0.15) is 8.11 Å². The molecule has 21 heavy (non-hydrogen) atoms. The molecule has 2 aliphatic carbocycles. The number of rotatable bonds is 2. The Bertz CT molecular complexity index is 771. The van der Waals surface area contributed by atoms with Gasteiger partial charge in [-0.15, -0.1) is 0 Å². The van der Waals surface area contributed by atoms with Gasteiger partial charge in [0.2, 0.25) is 0 Å². The monoisotopic (exact) mass is 308 g/mol. The van der Waals surface area contributed by atoms with Crippen molar-refractivity contribution in [3.05, 3.63) is 77.4 Å². The van der Waals surface area contributed by atoms with E-state index in [-0.39, 0.29) is 0 Å². The van der Waals surface area contributed by atoms with E-state index in [1.165, 1.54) is 33.4 Å². The van der Waals surface area contributed by atoms with Crippen LogP contribution in [0.3, 0.4) is 0 Å². The molecule has 2 atom stereocenters. The quantitative estimate of drug-likeness (QED) is 0.523. The summed E-state index contributed by atoms with van der Waals surface area (Å²) < 4.78 is 0. The van der Waals surface area contributed by atoms with Crippen molar-refractivity contribution in [2.45, 2.75) is 18.5 Å². The minimum absolute atomic E-state index is 0.426. The van der Waals surface area contributed by atoms with Gasteiger partial charge in [0.25, 0.3) is 0 Å². The number of halogens is 1. The van der Waals surface area contributed by atoms with Crippen LogP contribution in [0, 0.1) is 0 Å². The van der Waals surface area contributed by atoms with Gasteiger partial charge in [-0.3, -0.25) is 0 Å². The summed E-state index contributed by atoms with van der Waals surface area (Å²) in [6, 6.07) is 15.5. The lowest BCUT2D eigenvalue weighted by molar-refractivity contribution is 1.16. The summed E-state index contributed by atoms with van der Waals surface area (Å²) in [5.74, 6) is 0. The molecular weight excluding hydrogens is 292 g/mol. The van der Waals surface area contributed by atoms with Gasteiger partial charge in [-0.05, 0) is 39.8 Å². The van der Waals surface area contributed by atoms with Gasteiger partial charge >= 0.3 is 0 Å². The first-order valence-electron chi connectivity index (χ1n) is 7.49. The number of allylic oxidation sites excluding steroid dienone is 4. The standard InChI is InChI=1S/C19H17ClSi/c1-21(20)19-17-10-5-4-9-15(17)16-12-6-11-14(18(16)19)13-7-2-3-8-13/h2-7,9-12,19,21H,8H2,1H3. The molecule has 2 aromatic carbocycles. The van der Waals surface area contributed by atoms with Gasteiger partial charge < -0.3 is 0 Å². The summed E-state index contributed by atoms with van der Waals surface area (Å²) in [6.07, 6.45) is 7.68. The van der Waals surface area contributed by atoms with Crippen LogP contribution in [0.25, 0.3) is 16.7 Å². The zero-order valence-corrected chi connectivity index (χ0v) is 13.9. The van der Waals surface area contributed by atoms with Crippen molar-refractivity contribution in [2.75, 3.05) is 0 Å². The smallest absolute Gasteiger partial charge is 0.149 e. The van der Waals surface area contributed by atoms with Gasteiger partial charge in [-0.1, -0.05) is 67.2 Å². The molecule has 2 aliphatic rings. The van der Waals surface area contributed by atoms with Crippen LogP contribution in [0.1, 0.15) is 28.7 Å². The first kappa shape index (κ1) is 13.1. The molecule has 2 unspecified atom stereocenters. The third kappa shape index (κ3) is 1.96. The summed E-state index contributed by atoms with van der Waals surface area (Å²) in [7, 11) is -1.34. The van der Waals surface area contributed by atoms with Crippen LogP contribution in [0.15, 0.2) is 60.7 Å². The lowest BCUT2D eigenvalue weighted by Crippen LogP contribution is -2.14. The van der Waals surface area contributed by atoms with Crippen molar-refractivity contribution in [1.82, 2.24) is 0 Å². The van der Waals surface area contributed by atoms with E-state index >= 15 is 0 Å². The molecule has 104 valence electrons. The van der Waals surface area contributed by atoms with Crippen LogP contribution in [0.2, 0.25) is 6.55 Å².